The minimum atomic E-state index is -0.789. The molecule has 21 heavy (non-hydrogen) atoms. The summed E-state index contributed by atoms with van der Waals surface area (Å²) in [4.78, 5) is 24.2. The maximum atomic E-state index is 11.7. The molecule has 1 saturated heterocycles. The van der Waals surface area contributed by atoms with Crippen LogP contribution in [0.2, 0.25) is 0 Å². The maximum absolute atomic E-state index is 11.7. The number of carboxylic acids is 1. The second-order valence-electron chi connectivity index (χ2n) is 5.97. The fourth-order valence-electron chi connectivity index (χ4n) is 3.08. The average molecular weight is 292 g/mol. The van der Waals surface area contributed by atoms with E-state index in [1.165, 1.54) is 6.07 Å². The molecule has 6 nitrogen and oxygen atoms in total. The second kappa shape index (κ2) is 5.35. The van der Waals surface area contributed by atoms with Gasteiger partial charge in [-0.3, -0.25) is 14.9 Å². The van der Waals surface area contributed by atoms with Gasteiger partial charge in [0.25, 0.3) is 5.69 Å². The first-order valence-corrected chi connectivity index (χ1v) is 7.02. The van der Waals surface area contributed by atoms with Gasteiger partial charge in [0.15, 0.2) is 0 Å². The van der Waals surface area contributed by atoms with Crippen molar-refractivity contribution in [1.82, 2.24) is 0 Å². The van der Waals surface area contributed by atoms with Crippen molar-refractivity contribution < 1.29 is 14.8 Å². The van der Waals surface area contributed by atoms with E-state index in [2.05, 4.69) is 0 Å². The Bertz CT molecular complexity index is 585. The van der Waals surface area contributed by atoms with Gasteiger partial charge in [-0.05, 0) is 25.3 Å². The van der Waals surface area contributed by atoms with Gasteiger partial charge in [0.05, 0.1) is 15.9 Å². The van der Waals surface area contributed by atoms with Gasteiger partial charge >= 0.3 is 5.97 Å². The minimum absolute atomic E-state index is 0.0130. The number of hydrogen-bond donors (Lipinski definition) is 1. The highest BCUT2D eigenvalue weighted by Gasteiger charge is 2.47. The van der Waals surface area contributed by atoms with Crippen LogP contribution in [0.5, 0.6) is 0 Å². The number of rotatable bonds is 4. The Morgan fingerprint density at radius 1 is 1.48 bits per heavy atom. The number of nitro groups is 1. The van der Waals surface area contributed by atoms with E-state index in [9.17, 15) is 20.0 Å². The van der Waals surface area contributed by atoms with Crippen molar-refractivity contribution in [1.29, 1.82) is 0 Å². The minimum Gasteiger partial charge on any atom is -0.481 e. The van der Waals surface area contributed by atoms with Crippen molar-refractivity contribution >= 4 is 17.3 Å². The highest BCUT2D eigenvalue weighted by molar-refractivity contribution is 5.77. The topological polar surface area (TPSA) is 83.7 Å². The van der Waals surface area contributed by atoms with E-state index in [4.69, 9.17) is 0 Å². The number of nitro benzene ring substituents is 1. The van der Waals surface area contributed by atoms with Crippen LogP contribution in [0.1, 0.15) is 25.8 Å². The van der Waals surface area contributed by atoms with Crippen LogP contribution in [0.15, 0.2) is 18.2 Å². The van der Waals surface area contributed by atoms with Gasteiger partial charge in [-0.15, -0.1) is 0 Å². The van der Waals surface area contributed by atoms with Gasteiger partial charge in [0.2, 0.25) is 0 Å². The van der Waals surface area contributed by atoms with E-state index in [0.717, 1.165) is 5.69 Å². The lowest BCUT2D eigenvalue weighted by atomic mass is 9.76. The van der Waals surface area contributed by atoms with Crippen molar-refractivity contribution in [2.45, 2.75) is 27.2 Å². The summed E-state index contributed by atoms with van der Waals surface area (Å²) in [7, 11) is 0. The quantitative estimate of drug-likeness (QED) is 0.681. The van der Waals surface area contributed by atoms with Gasteiger partial charge in [-0.25, -0.2) is 0 Å². The summed E-state index contributed by atoms with van der Waals surface area (Å²) in [5.41, 5.74) is 0.641. The lowest BCUT2D eigenvalue weighted by Gasteiger charge is -2.29. The van der Waals surface area contributed by atoms with E-state index in [1.807, 2.05) is 24.8 Å². The van der Waals surface area contributed by atoms with E-state index >= 15 is 0 Å². The number of carboxylic acid groups (broad SMARTS) is 1. The molecule has 6 heteroatoms. The summed E-state index contributed by atoms with van der Waals surface area (Å²) in [6.07, 6.45) is 0.558. The fourth-order valence-corrected chi connectivity index (χ4v) is 3.08. The van der Waals surface area contributed by atoms with Crippen molar-refractivity contribution in [3.05, 3.63) is 33.9 Å². The normalized spacial score (nSPS) is 21.8. The van der Waals surface area contributed by atoms with Crippen LogP contribution in [0.3, 0.4) is 0 Å². The Labute approximate surface area is 123 Å². The summed E-state index contributed by atoms with van der Waals surface area (Å²) in [5.74, 6) is -0.776. The molecule has 0 bridgehead atoms. The molecule has 1 atom stereocenters. The molecule has 1 aliphatic heterocycles. The number of carbonyl (C=O) groups is 1. The maximum Gasteiger partial charge on any atom is 0.311 e. The molecule has 0 aromatic heterocycles. The Morgan fingerprint density at radius 2 is 2.14 bits per heavy atom. The predicted octanol–water partition coefficient (Wildman–Crippen LogP) is 2.84. The Kier molecular flexibility index (Phi) is 3.89. The standard InChI is InChI=1S/C15H20N2O4/c1-10(2)15(14(18)19)7-8-16(9-15)12-5-4-6-13(11(12)3)17(20)21/h4-6,10H,7-9H2,1-3H3,(H,18,19). The molecule has 0 amide bonds. The molecular formula is C15H20N2O4. The van der Waals surface area contributed by atoms with Crippen LogP contribution in [0.4, 0.5) is 11.4 Å². The Balaban J connectivity index is 2.36. The van der Waals surface area contributed by atoms with Crippen molar-refractivity contribution in [3.8, 4) is 0 Å². The largest absolute Gasteiger partial charge is 0.481 e. The van der Waals surface area contributed by atoms with Crippen molar-refractivity contribution in [3.63, 3.8) is 0 Å². The monoisotopic (exact) mass is 292 g/mol. The molecule has 1 unspecified atom stereocenters. The molecule has 1 fully saturated rings. The Morgan fingerprint density at radius 3 is 2.62 bits per heavy atom. The van der Waals surface area contributed by atoms with Gasteiger partial charge in [0.1, 0.15) is 0 Å². The van der Waals surface area contributed by atoms with Crippen LogP contribution in [-0.2, 0) is 4.79 Å². The van der Waals surface area contributed by atoms with Crippen molar-refractivity contribution in [2.24, 2.45) is 11.3 Å². The molecule has 1 aromatic rings. The highest BCUT2D eigenvalue weighted by atomic mass is 16.6. The summed E-state index contributed by atoms with van der Waals surface area (Å²) in [5, 5.41) is 20.6. The number of aliphatic carboxylic acids is 1. The molecule has 0 aliphatic carbocycles. The zero-order chi connectivity index (χ0) is 15.8. The van der Waals surface area contributed by atoms with Gasteiger partial charge in [-0.1, -0.05) is 19.9 Å². The third-order valence-electron chi connectivity index (χ3n) is 4.65. The number of benzene rings is 1. The van der Waals surface area contributed by atoms with Gasteiger partial charge < -0.3 is 10.0 Å². The lowest BCUT2D eigenvalue weighted by Crippen LogP contribution is -2.39. The molecular weight excluding hydrogens is 272 g/mol. The van der Waals surface area contributed by atoms with E-state index < -0.39 is 16.3 Å². The van der Waals surface area contributed by atoms with Crippen LogP contribution in [-0.4, -0.2) is 29.1 Å². The summed E-state index contributed by atoms with van der Waals surface area (Å²) in [6, 6.07) is 4.94. The van der Waals surface area contributed by atoms with Crippen LogP contribution < -0.4 is 4.90 Å². The van der Waals surface area contributed by atoms with E-state index in [1.54, 1.807) is 13.0 Å². The molecule has 1 N–H and O–H groups in total. The van der Waals surface area contributed by atoms with Crippen molar-refractivity contribution in [2.75, 3.05) is 18.0 Å². The molecule has 2 rings (SSSR count). The molecule has 0 spiro atoms. The predicted molar refractivity (Wildman–Crippen MR) is 79.6 cm³/mol. The van der Waals surface area contributed by atoms with Crippen LogP contribution in [0, 0.1) is 28.4 Å². The van der Waals surface area contributed by atoms with Gasteiger partial charge in [-0.2, -0.15) is 0 Å². The third-order valence-corrected chi connectivity index (χ3v) is 4.65. The summed E-state index contributed by atoms with van der Waals surface area (Å²) >= 11 is 0. The summed E-state index contributed by atoms with van der Waals surface area (Å²) in [6.45, 7) is 6.54. The number of anilines is 1. The smallest absolute Gasteiger partial charge is 0.311 e. The first kappa shape index (κ1) is 15.3. The third kappa shape index (κ3) is 2.46. The zero-order valence-corrected chi connectivity index (χ0v) is 12.5. The average Bonchev–Trinajstić information content (AvgIpc) is 2.84. The Hall–Kier alpha value is -2.11. The molecule has 1 heterocycles. The molecule has 1 aromatic carbocycles. The highest BCUT2D eigenvalue weighted by Crippen LogP contribution is 2.41. The SMILES string of the molecule is Cc1c(N2CCC(C(=O)O)(C(C)C)C2)cccc1[N+](=O)[O-]. The fraction of sp³-hybridized carbons (Fsp3) is 0.533. The first-order chi connectivity index (χ1) is 9.79. The summed E-state index contributed by atoms with van der Waals surface area (Å²) < 4.78 is 0. The number of hydrogen-bond acceptors (Lipinski definition) is 4. The zero-order valence-electron chi connectivity index (χ0n) is 12.5. The molecule has 1 aliphatic rings. The second-order valence-corrected chi connectivity index (χ2v) is 5.97. The van der Waals surface area contributed by atoms with E-state index in [0.29, 0.717) is 25.1 Å². The van der Waals surface area contributed by atoms with Gasteiger partial charge in [0, 0.05) is 24.8 Å². The molecule has 0 radical (unpaired) electrons. The molecule has 114 valence electrons. The van der Waals surface area contributed by atoms with Crippen LogP contribution >= 0.6 is 0 Å². The lowest BCUT2D eigenvalue weighted by molar-refractivity contribution is -0.385. The number of nitrogens with zero attached hydrogens (tertiary/aromatic N) is 2. The molecule has 0 saturated carbocycles. The van der Waals surface area contributed by atoms with E-state index in [-0.39, 0.29) is 11.6 Å². The van der Waals surface area contributed by atoms with Crippen LogP contribution in [0.25, 0.3) is 0 Å². The first-order valence-electron chi connectivity index (χ1n) is 7.02.